The summed E-state index contributed by atoms with van der Waals surface area (Å²) in [7, 11) is 1.99. The summed E-state index contributed by atoms with van der Waals surface area (Å²) in [4.78, 5) is 13.3. The predicted octanol–water partition coefficient (Wildman–Crippen LogP) is 2.37. The average molecular weight is 335 g/mol. The first kappa shape index (κ1) is 17.0. The van der Waals surface area contributed by atoms with Gasteiger partial charge >= 0.3 is 0 Å². The Hall–Kier alpha value is -2.85. The van der Waals surface area contributed by atoms with Crippen LogP contribution in [0.3, 0.4) is 0 Å². The van der Waals surface area contributed by atoms with Gasteiger partial charge in [0.15, 0.2) is 6.54 Å². The molecule has 1 unspecified atom stereocenters. The molecule has 2 N–H and O–H groups in total. The fourth-order valence-corrected chi connectivity index (χ4v) is 2.69. The van der Waals surface area contributed by atoms with E-state index in [9.17, 15) is 4.79 Å². The standard InChI is InChI=1S/C21H22N2O2/c1-23(13-14-25-20-9-3-2-4-10-20)16-21(24)22-19-12-11-17-7-5-6-8-18(17)15-19/h2-12,15H,13-14,16H2,1H3,(H,22,24)/p+1. The van der Waals surface area contributed by atoms with Crippen molar-refractivity contribution >= 4 is 22.4 Å². The number of rotatable bonds is 7. The fraction of sp³-hybridized carbons (Fsp3) is 0.190. The number of para-hydroxylation sites is 1. The summed E-state index contributed by atoms with van der Waals surface area (Å²) >= 11 is 0. The predicted molar refractivity (Wildman–Crippen MR) is 101 cm³/mol. The molecule has 0 fully saturated rings. The van der Waals surface area contributed by atoms with Gasteiger partial charge in [-0.3, -0.25) is 4.79 Å². The summed E-state index contributed by atoms with van der Waals surface area (Å²) in [6.07, 6.45) is 0. The van der Waals surface area contributed by atoms with Crippen LogP contribution in [0.1, 0.15) is 0 Å². The lowest BCUT2D eigenvalue weighted by Gasteiger charge is -2.14. The topological polar surface area (TPSA) is 42.8 Å². The number of hydrogen-bond donors (Lipinski definition) is 2. The maximum Gasteiger partial charge on any atom is 0.279 e. The van der Waals surface area contributed by atoms with Gasteiger partial charge in [0, 0.05) is 5.69 Å². The van der Waals surface area contributed by atoms with Crippen molar-refractivity contribution in [2.24, 2.45) is 0 Å². The Balaban J connectivity index is 1.46. The SMILES string of the molecule is C[NH+](CCOc1ccccc1)CC(=O)Nc1ccc2ccccc2c1. The highest BCUT2D eigenvalue weighted by Gasteiger charge is 2.10. The monoisotopic (exact) mass is 335 g/mol. The lowest BCUT2D eigenvalue weighted by atomic mass is 10.1. The Morgan fingerprint density at radius 3 is 2.48 bits per heavy atom. The first-order valence-electron chi connectivity index (χ1n) is 8.48. The van der Waals surface area contributed by atoms with Crippen molar-refractivity contribution in [3.8, 4) is 5.75 Å². The molecule has 128 valence electrons. The van der Waals surface area contributed by atoms with Gasteiger partial charge in [-0.1, -0.05) is 48.5 Å². The Kier molecular flexibility index (Phi) is 5.65. The number of amides is 1. The van der Waals surface area contributed by atoms with Crippen LogP contribution in [0.5, 0.6) is 5.75 Å². The second kappa shape index (κ2) is 8.31. The van der Waals surface area contributed by atoms with Gasteiger partial charge in [0.1, 0.15) is 18.9 Å². The highest BCUT2D eigenvalue weighted by atomic mass is 16.5. The van der Waals surface area contributed by atoms with Crippen molar-refractivity contribution in [1.82, 2.24) is 0 Å². The summed E-state index contributed by atoms with van der Waals surface area (Å²) < 4.78 is 5.67. The minimum atomic E-state index is 0.00694. The van der Waals surface area contributed by atoms with E-state index in [1.165, 1.54) is 5.39 Å². The highest BCUT2D eigenvalue weighted by molar-refractivity contribution is 5.94. The van der Waals surface area contributed by atoms with Crippen LogP contribution >= 0.6 is 0 Å². The lowest BCUT2D eigenvalue weighted by molar-refractivity contribution is -0.871. The van der Waals surface area contributed by atoms with Crippen molar-refractivity contribution in [3.63, 3.8) is 0 Å². The zero-order valence-electron chi connectivity index (χ0n) is 14.4. The van der Waals surface area contributed by atoms with Gasteiger partial charge in [0.25, 0.3) is 5.91 Å². The molecule has 0 saturated heterocycles. The Bertz CT molecular complexity index is 833. The van der Waals surface area contributed by atoms with E-state index in [1.807, 2.05) is 73.8 Å². The molecule has 0 aliphatic carbocycles. The van der Waals surface area contributed by atoms with E-state index in [2.05, 4.69) is 11.4 Å². The molecule has 0 spiro atoms. The lowest BCUT2D eigenvalue weighted by Crippen LogP contribution is -3.10. The third-order valence-electron chi connectivity index (χ3n) is 4.04. The number of hydrogen-bond acceptors (Lipinski definition) is 2. The number of quaternary nitrogens is 1. The van der Waals surface area contributed by atoms with Gasteiger partial charge in [-0.15, -0.1) is 0 Å². The minimum Gasteiger partial charge on any atom is -0.488 e. The van der Waals surface area contributed by atoms with Crippen LogP contribution < -0.4 is 15.0 Å². The molecule has 4 nitrogen and oxygen atoms in total. The number of fused-ring (bicyclic) bond motifs is 1. The summed E-state index contributed by atoms with van der Waals surface area (Å²) in [5.41, 5.74) is 0.831. The summed E-state index contributed by atoms with van der Waals surface area (Å²) in [6.45, 7) is 1.75. The van der Waals surface area contributed by atoms with E-state index >= 15 is 0 Å². The number of likely N-dealkylation sites (N-methyl/N-ethyl adjacent to an activating group) is 1. The third kappa shape index (κ3) is 5.06. The van der Waals surface area contributed by atoms with E-state index in [1.54, 1.807) is 0 Å². The highest BCUT2D eigenvalue weighted by Crippen LogP contribution is 2.18. The second-order valence-corrected chi connectivity index (χ2v) is 6.16. The Labute approximate surface area is 148 Å². The molecule has 3 aromatic rings. The van der Waals surface area contributed by atoms with E-state index in [4.69, 9.17) is 4.74 Å². The number of anilines is 1. The van der Waals surface area contributed by atoms with Gasteiger partial charge in [-0.25, -0.2) is 0 Å². The molecule has 0 saturated carbocycles. The molecular formula is C21H23N2O2+. The number of carbonyl (C=O) groups excluding carboxylic acids is 1. The molecule has 25 heavy (non-hydrogen) atoms. The third-order valence-corrected chi connectivity index (χ3v) is 4.04. The maximum atomic E-state index is 12.2. The average Bonchev–Trinajstić information content (AvgIpc) is 2.62. The summed E-state index contributed by atoms with van der Waals surface area (Å²) in [6, 6.07) is 23.8. The molecule has 0 radical (unpaired) electrons. The molecule has 0 heterocycles. The van der Waals surface area contributed by atoms with Crippen LogP contribution in [0, 0.1) is 0 Å². The first-order valence-corrected chi connectivity index (χ1v) is 8.48. The summed E-state index contributed by atoms with van der Waals surface area (Å²) in [5.74, 6) is 0.864. The molecule has 3 aromatic carbocycles. The summed E-state index contributed by atoms with van der Waals surface area (Å²) in [5, 5.41) is 5.26. The quantitative estimate of drug-likeness (QED) is 0.696. The van der Waals surface area contributed by atoms with Crippen LogP contribution in [0.4, 0.5) is 5.69 Å². The number of ether oxygens (including phenoxy) is 1. The fourth-order valence-electron chi connectivity index (χ4n) is 2.69. The Morgan fingerprint density at radius 2 is 1.68 bits per heavy atom. The van der Waals surface area contributed by atoms with Gasteiger partial charge < -0.3 is 15.0 Å². The van der Waals surface area contributed by atoms with E-state index in [-0.39, 0.29) is 5.91 Å². The molecule has 1 atom stereocenters. The van der Waals surface area contributed by atoms with Gasteiger partial charge in [-0.2, -0.15) is 0 Å². The van der Waals surface area contributed by atoms with Crippen LogP contribution in [0.2, 0.25) is 0 Å². The normalized spacial score (nSPS) is 11.9. The van der Waals surface area contributed by atoms with Crippen molar-refractivity contribution in [2.75, 3.05) is 32.1 Å². The molecule has 0 aromatic heterocycles. The first-order chi connectivity index (χ1) is 12.2. The molecule has 4 heteroatoms. The van der Waals surface area contributed by atoms with Gasteiger partial charge in [-0.05, 0) is 35.0 Å². The van der Waals surface area contributed by atoms with E-state index in [0.29, 0.717) is 13.2 Å². The van der Waals surface area contributed by atoms with Crippen molar-refractivity contribution in [2.45, 2.75) is 0 Å². The van der Waals surface area contributed by atoms with Gasteiger partial charge in [0.05, 0.1) is 7.05 Å². The zero-order valence-corrected chi connectivity index (χ0v) is 14.4. The zero-order chi connectivity index (χ0) is 17.5. The molecule has 0 aliphatic heterocycles. The second-order valence-electron chi connectivity index (χ2n) is 6.16. The number of benzene rings is 3. The van der Waals surface area contributed by atoms with E-state index < -0.39 is 0 Å². The largest absolute Gasteiger partial charge is 0.488 e. The van der Waals surface area contributed by atoms with Crippen LogP contribution in [-0.4, -0.2) is 32.7 Å². The molecular weight excluding hydrogens is 312 g/mol. The molecule has 0 bridgehead atoms. The van der Waals surface area contributed by atoms with Crippen molar-refractivity contribution in [1.29, 1.82) is 0 Å². The maximum absolute atomic E-state index is 12.2. The molecule has 0 aliphatic rings. The van der Waals surface area contributed by atoms with Gasteiger partial charge in [0.2, 0.25) is 0 Å². The van der Waals surface area contributed by atoms with Crippen LogP contribution in [0.25, 0.3) is 10.8 Å². The number of carbonyl (C=O) groups is 1. The smallest absolute Gasteiger partial charge is 0.279 e. The minimum absolute atomic E-state index is 0.00694. The molecule has 3 rings (SSSR count). The van der Waals surface area contributed by atoms with Crippen LogP contribution in [0.15, 0.2) is 72.8 Å². The Morgan fingerprint density at radius 1 is 0.960 bits per heavy atom. The number of nitrogens with one attached hydrogen (secondary N) is 2. The van der Waals surface area contributed by atoms with Crippen molar-refractivity contribution < 1.29 is 14.4 Å². The molecule has 1 amide bonds. The van der Waals surface area contributed by atoms with Crippen molar-refractivity contribution in [3.05, 3.63) is 72.8 Å². The van der Waals surface area contributed by atoms with E-state index in [0.717, 1.165) is 28.3 Å². The van der Waals surface area contributed by atoms with Crippen LogP contribution in [-0.2, 0) is 4.79 Å².